The van der Waals surface area contributed by atoms with E-state index in [-0.39, 0.29) is 0 Å². The molecule has 0 spiro atoms. The van der Waals surface area contributed by atoms with Gasteiger partial charge in [0.05, 0.1) is 6.61 Å². The van der Waals surface area contributed by atoms with E-state index < -0.39 is 0 Å². The number of hydrogen-bond donors (Lipinski definition) is 1. The van der Waals surface area contributed by atoms with Crippen molar-refractivity contribution in [3.8, 4) is 0 Å². The number of nitrogens with two attached hydrogens (primary N) is 1. The van der Waals surface area contributed by atoms with Crippen LogP contribution in [0.2, 0.25) is 0 Å². The highest BCUT2D eigenvalue weighted by Crippen LogP contribution is 2.30. The largest absolute Gasteiger partial charge is 0.380 e. The summed E-state index contributed by atoms with van der Waals surface area (Å²) in [5.41, 5.74) is 8.63. The molecular formula is C16H26N2O. The lowest BCUT2D eigenvalue weighted by atomic mass is 9.98. The summed E-state index contributed by atoms with van der Waals surface area (Å²) in [5.74, 6) is 0. The number of rotatable bonds is 6. The van der Waals surface area contributed by atoms with Crippen LogP contribution in [0, 0.1) is 0 Å². The summed E-state index contributed by atoms with van der Waals surface area (Å²) < 4.78 is 5.31. The molecule has 1 fully saturated rings. The Labute approximate surface area is 116 Å². The second-order valence-corrected chi connectivity index (χ2v) is 5.49. The van der Waals surface area contributed by atoms with Crippen LogP contribution in [0.15, 0.2) is 24.3 Å². The van der Waals surface area contributed by atoms with E-state index in [1.807, 2.05) is 0 Å². The van der Waals surface area contributed by atoms with E-state index in [1.165, 1.54) is 36.8 Å². The number of hydrogen-bond acceptors (Lipinski definition) is 3. The van der Waals surface area contributed by atoms with E-state index in [0.29, 0.717) is 25.2 Å². The average Bonchev–Trinajstić information content (AvgIpc) is 2.95. The van der Waals surface area contributed by atoms with E-state index in [9.17, 15) is 0 Å². The minimum Gasteiger partial charge on any atom is -0.380 e. The Morgan fingerprint density at radius 1 is 1.32 bits per heavy atom. The number of methoxy groups -OCH3 is 1. The van der Waals surface area contributed by atoms with E-state index in [1.54, 1.807) is 7.11 Å². The van der Waals surface area contributed by atoms with Crippen molar-refractivity contribution in [2.45, 2.75) is 44.4 Å². The Hall–Kier alpha value is -0.900. The van der Waals surface area contributed by atoms with Crippen LogP contribution >= 0.6 is 0 Å². The summed E-state index contributed by atoms with van der Waals surface area (Å²) in [5, 5.41) is 0. The van der Waals surface area contributed by atoms with E-state index in [2.05, 4.69) is 36.2 Å². The third-order valence-electron chi connectivity index (χ3n) is 4.33. The highest BCUT2D eigenvalue weighted by Gasteiger charge is 2.26. The number of nitrogens with zero attached hydrogens (tertiary/aromatic N) is 1. The lowest BCUT2D eigenvalue weighted by molar-refractivity contribution is 0.166. The maximum atomic E-state index is 6.06. The smallest absolute Gasteiger partial charge is 0.0716 e. The number of benzene rings is 1. The molecular weight excluding hydrogens is 236 g/mol. The fraction of sp³-hybridized carbons (Fsp3) is 0.625. The molecule has 1 aromatic carbocycles. The Balaban J connectivity index is 2.20. The predicted molar refractivity (Wildman–Crippen MR) is 79.0 cm³/mol. The zero-order chi connectivity index (χ0) is 13.7. The van der Waals surface area contributed by atoms with Gasteiger partial charge in [-0.25, -0.2) is 0 Å². The molecule has 1 atom stereocenters. The van der Waals surface area contributed by atoms with Crippen molar-refractivity contribution in [1.82, 2.24) is 4.90 Å². The maximum absolute atomic E-state index is 6.06. The molecule has 0 heterocycles. The summed E-state index contributed by atoms with van der Waals surface area (Å²) in [6, 6.07) is 9.49. The van der Waals surface area contributed by atoms with Crippen LogP contribution in [0.3, 0.4) is 0 Å². The van der Waals surface area contributed by atoms with Crippen molar-refractivity contribution in [1.29, 1.82) is 0 Å². The Morgan fingerprint density at radius 3 is 2.63 bits per heavy atom. The zero-order valence-corrected chi connectivity index (χ0v) is 12.1. The Kier molecular flexibility index (Phi) is 5.37. The molecule has 19 heavy (non-hydrogen) atoms. The summed E-state index contributed by atoms with van der Waals surface area (Å²) in [7, 11) is 3.96. The Bertz CT molecular complexity index is 388. The highest BCUT2D eigenvalue weighted by atomic mass is 16.5. The van der Waals surface area contributed by atoms with Gasteiger partial charge in [0.2, 0.25) is 0 Å². The lowest BCUT2D eigenvalue weighted by Gasteiger charge is -2.33. The molecule has 2 N–H and O–H groups in total. The zero-order valence-electron chi connectivity index (χ0n) is 12.1. The molecule has 0 amide bonds. The van der Waals surface area contributed by atoms with Gasteiger partial charge in [-0.15, -0.1) is 0 Å². The average molecular weight is 262 g/mol. The molecule has 0 bridgehead atoms. The maximum Gasteiger partial charge on any atom is 0.0716 e. The molecule has 0 saturated heterocycles. The third-order valence-corrected chi connectivity index (χ3v) is 4.33. The number of likely N-dealkylation sites (N-methyl/N-ethyl adjacent to an activating group) is 1. The van der Waals surface area contributed by atoms with Crippen molar-refractivity contribution in [2.75, 3.05) is 20.7 Å². The van der Waals surface area contributed by atoms with Crippen LogP contribution in [0.1, 0.15) is 42.9 Å². The summed E-state index contributed by atoms with van der Waals surface area (Å²) in [6.07, 6.45) is 5.32. The van der Waals surface area contributed by atoms with Crippen LogP contribution in [-0.2, 0) is 11.3 Å². The van der Waals surface area contributed by atoms with Gasteiger partial charge in [-0.05, 0) is 31.0 Å². The van der Waals surface area contributed by atoms with Crippen LogP contribution in [-0.4, -0.2) is 31.6 Å². The van der Waals surface area contributed by atoms with Gasteiger partial charge >= 0.3 is 0 Å². The van der Waals surface area contributed by atoms with E-state index >= 15 is 0 Å². The molecule has 3 heteroatoms. The number of ether oxygens (including phenoxy) is 1. The lowest BCUT2D eigenvalue weighted by Crippen LogP contribution is -2.37. The minimum atomic E-state index is 0.300. The first-order valence-electron chi connectivity index (χ1n) is 7.26. The van der Waals surface area contributed by atoms with Crippen molar-refractivity contribution < 1.29 is 4.74 Å². The fourth-order valence-corrected chi connectivity index (χ4v) is 3.22. The fourth-order valence-electron chi connectivity index (χ4n) is 3.22. The molecule has 1 aliphatic rings. The monoisotopic (exact) mass is 262 g/mol. The van der Waals surface area contributed by atoms with E-state index in [0.717, 1.165) is 0 Å². The predicted octanol–water partition coefficient (Wildman–Crippen LogP) is 2.71. The molecule has 0 radical (unpaired) electrons. The van der Waals surface area contributed by atoms with E-state index in [4.69, 9.17) is 10.5 Å². The van der Waals surface area contributed by atoms with Crippen molar-refractivity contribution in [2.24, 2.45) is 5.73 Å². The highest BCUT2D eigenvalue weighted by molar-refractivity contribution is 5.30. The second-order valence-electron chi connectivity index (χ2n) is 5.49. The van der Waals surface area contributed by atoms with Gasteiger partial charge < -0.3 is 10.5 Å². The normalized spacial score (nSPS) is 18.1. The van der Waals surface area contributed by atoms with Gasteiger partial charge in [0.25, 0.3) is 0 Å². The molecule has 1 aliphatic carbocycles. The molecule has 1 unspecified atom stereocenters. The van der Waals surface area contributed by atoms with Gasteiger partial charge in [0, 0.05) is 25.7 Å². The third kappa shape index (κ3) is 3.35. The molecule has 2 rings (SSSR count). The Morgan fingerprint density at radius 2 is 2.00 bits per heavy atom. The summed E-state index contributed by atoms with van der Waals surface area (Å²) in [4.78, 5) is 2.47. The topological polar surface area (TPSA) is 38.5 Å². The molecule has 3 nitrogen and oxygen atoms in total. The first-order chi connectivity index (χ1) is 9.27. The van der Waals surface area contributed by atoms with Crippen molar-refractivity contribution in [3.05, 3.63) is 35.4 Å². The first-order valence-corrected chi connectivity index (χ1v) is 7.26. The van der Waals surface area contributed by atoms with Gasteiger partial charge in [-0.2, -0.15) is 0 Å². The molecule has 106 valence electrons. The minimum absolute atomic E-state index is 0.300. The van der Waals surface area contributed by atoms with Crippen molar-refractivity contribution in [3.63, 3.8) is 0 Å². The molecule has 1 aromatic rings. The SMILES string of the molecule is COCc1ccccc1C(CN)N(C)C1CCCC1. The molecule has 0 aromatic heterocycles. The van der Waals surface area contributed by atoms with Gasteiger partial charge in [-0.1, -0.05) is 37.1 Å². The standard InChI is InChI=1S/C16H26N2O/c1-18(14-8-4-5-9-14)16(11-17)15-10-6-3-7-13(15)12-19-2/h3,6-7,10,14,16H,4-5,8-9,11-12,17H2,1-2H3. The van der Waals surface area contributed by atoms with Crippen LogP contribution in [0.4, 0.5) is 0 Å². The quantitative estimate of drug-likeness (QED) is 0.856. The van der Waals surface area contributed by atoms with Crippen LogP contribution in [0.5, 0.6) is 0 Å². The van der Waals surface area contributed by atoms with Crippen molar-refractivity contribution >= 4 is 0 Å². The molecule has 0 aliphatic heterocycles. The van der Waals surface area contributed by atoms with Gasteiger partial charge in [-0.3, -0.25) is 4.90 Å². The van der Waals surface area contributed by atoms with Crippen LogP contribution < -0.4 is 5.73 Å². The second kappa shape index (κ2) is 7.04. The van der Waals surface area contributed by atoms with Gasteiger partial charge in [0.15, 0.2) is 0 Å². The van der Waals surface area contributed by atoms with Crippen LogP contribution in [0.25, 0.3) is 0 Å². The van der Waals surface area contributed by atoms with Gasteiger partial charge in [0.1, 0.15) is 0 Å². The first kappa shape index (κ1) is 14.5. The summed E-state index contributed by atoms with van der Waals surface area (Å²) in [6.45, 7) is 1.32. The molecule has 1 saturated carbocycles. The summed E-state index contributed by atoms with van der Waals surface area (Å²) >= 11 is 0.